The maximum absolute atomic E-state index is 12.7. The van der Waals surface area contributed by atoms with Crippen LogP contribution in [0.1, 0.15) is 36.5 Å². The average molecular weight is 454 g/mol. The zero-order valence-corrected chi connectivity index (χ0v) is 19.2. The van der Waals surface area contributed by atoms with Gasteiger partial charge in [0.15, 0.2) is 0 Å². The number of likely N-dealkylation sites (tertiary alicyclic amines) is 1. The van der Waals surface area contributed by atoms with E-state index >= 15 is 0 Å². The number of hydrogen-bond acceptors (Lipinski definition) is 6. The molecule has 8 nitrogen and oxygen atoms in total. The number of benzene rings is 1. The summed E-state index contributed by atoms with van der Waals surface area (Å²) in [4.78, 5) is 28.0. The Hall–Kier alpha value is -4.07. The molecule has 1 N–H and O–H groups in total. The predicted octanol–water partition coefficient (Wildman–Crippen LogP) is 4.79. The van der Waals surface area contributed by atoms with Crippen molar-refractivity contribution in [1.29, 1.82) is 0 Å². The van der Waals surface area contributed by atoms with Gasteiger partial charge in [0.1, 0.15) is 5.69 Å². The van der Waals surface area contributed by atoms with E-state index in [1.54, 1.807) is 18.6 Å². The molecule has 0 aliphatic carbocycles. The first-order valence-corrected chi connectivity index (χ1v) is 11.7. The molecule has 34 heavy (non-hydrogen) atoms. The maximum atomic E-state index is 12.7. The Morgan fingerprint density at radius 2 is 1.85 bits per heavy atom. The second-order valence-corrected chi connectivity index (χ2v) is 8.31. The molecule has 0 spiro atoms. The Balaban J connectivity index is 1.36. The molecule has 1 fully saturated rings. The number of nitrogens with one attached hydrogen (secondary N) is 1. The first kappa shape index (κ1) is 21.8. The molecule has 0 atom stereocenters. The molecule has 0 saturated carbocycles. The third-order valence-corrected chi connectivity index (χ3v) is 5.98. The molecule has 1 aromatic carbocycles. The molecule has 1 saturated heterocycles. The van der Waals surface area contributed by atoms with Crippen LogP contribution in [0.3, 0.4) is 0 Å². The number of carbonyl (C=O) groups is 1. The van der Waals surface area contributed by atoms with Crippen LogP contribution in [0.15, 0.2) is 67.3 Å². The largest absolute Gasteiger partial charge is 0.339 e. The topological polar surface area (TPSA) is 88.8 Å². The number of pyridine rings is 1. The summed E-state index contributed by atoms with van der Waals surface area (Å²) in [7, 11) is 0. The van der Waals surface area contributed by atoms with Gasteiger partial charge < -0.3 is 10.2 Å². The van der Waals surface area contributed by atoms with Crippen LogP contribution in [0.5, 0.6) is 0 Å². The lowest BCUT2D eigenvalue weighted by atomic mass is 10.1. The van der Waals surface area contributed by atoms with Crippen molar-refractivity contribution in [2.45, 2.75) is 32.7 Å². The Kier molecular flexibility index (Phi) is 6.29. The van der Waals surface area contributed by atoms with E-state index in [0.29, 0.717) is 11.5 Å². The highest BCUT2D eigenvalue weighted by Crippen LogP contribution is 2.30. The third-order valence-electron chi connectivity index (χ3n) is 5.98. The van der Waals surface area contributed by atoms with Crippen molar-refractivity contribution in [3.05, 3.63) is 72.8 Å². The molecule has 5 rings (SSSR count). The quantitative estimate of drug-likeness (QED) is 0.451. The summed E-state index contributed by atoms with van der Waals surface area (Å²) in [5, 5.41) is 7.97. The van der Waals surface area contributed by atoms with Crippen molar-refractivity contribution in [2.24, 2.45) is 0 Å². The minimum absolute atomic E-state index is 0.0976. The second kappa shape index (κ2) is 9.82. The fourth-order valence-corrected chi connectivity index (χ4v) is 4.16. The normalized spacial score (nSPS) is 13.6. The summed E-state index contributed by atoms with van der Waals surface area (Å²) in [6.07, 6.45) is 10.6. The third kappa shape index (κ3) is 4.66. The summed E-state index contributed by atoms with van der Waals surface area (Å²) in [5.74, 6) is 0.578. The van der Waals surface area contributed by atoms with Crippen molar-refractivity contribution in [1.82, 2.24) is 29.6 Å². The van der Waals surface area contributed by atoms with E-state index in [9.17, 15) is 4.79 Å². The molecular weight excluding hydrogens is 426 g/mol. The minimum Gasteiger partial charge on any atom is -0.339 e. The summed E-state index contributed by atoms with van der Waals surface area (Å²) in [6.45, 7) is 4.49. The molecular formula is C26H27N7O. The molecule has 0 bridgehead atoms. The van der Waals surface area contributed by atoms with Gasteiger partial charge in [-0.1, -0.05) is 0 Å². The predicted molar refractivity (Wildman–Crippen MR) is 132 cm³/mol. The monoisotopic (exact) mass is 453 g/mol. The lowest BCUT2D eigenvalue weighted by Crippen LogP contribution is -2.35. The standard InChI is InChI=1S/C26H27N7O/c1-2-33-18-22(24(31-33)20-7-6-13-27-17-20)23-12-14-28-26(30-23)29-21-10-8-19(9-11-21)25(34)32-15-4-3-5-16-32/h6-14,17-18H,2-5,15-16H2,1H3,(H,28,29,30). The molecule has 0 radical (unpaired) electrons. The number of nitrogens with zero attached hydrogens (tertiary/aromatic N) is 6. The van der Waals surface area contributed by atoms with Crippen molar-refractivity contribution in [3.8, 4) is 22.5 Å². The van der Waals surface area contributed by atoms with Crippen LogP contribution in [0.25, 0.3) is 22.5 Å². The molecule has 0 unspecified atom stereocenters. The number of piperidine rings is 1. The van der Waals surface area contributed by atoms with Crippen molar-refractivity contribution < 1.29 is 4.79 Å². The summed E-state index contributed by atoms with van der Waals surface area (Å²) >= 11 is 0. The van der Waals surface area contributed by atoms with Gasteiger partial charge in [-0.2, -0.15) is 5.10 Å². The van der Waals surface area contributed by atoms with Crippen LogP contribution in [-0.2, 0) is 6.54 Å². The molecule has 1 aliphatic heterocycles. The van der Waals surface area contributed by atoms with Crippen LogP contribution < -0.4 is 5.32 Å². The molecule has 1 amide bonds. The number of carbonyl (C=O) groups excluding carboxylic acids is 1. The summed E-state index contributed by atoms with van der Waals surface area (Å²) in [6, 6.07) is 13.3. The second-order valence-electron chi connectivity index (χ2n) is 8.31. The van der Waals surface area contributed by atoms with Gasteiger partial charge >= 0.3 is 0 Å². The van der Waals surface area contributed by atoms with Gasteiger partial charge in [0.05, 0.1) is 5.69 Å². The molecule has 172 valence electrons. The Bertz CT molecular complexity index is 1260. The van der Waals surface area contributed by atoms with E-state index in [0.717, 1.165) is 60.7 Å². The fraction of sp³-hybridized carbons (Fsp3) is 0.269. The van der Waals surface area contributed by atoms with Crippen molar-refractivity contribution in [3.63, 3.8) is 0 Å². The van der Waals surface area contributed by atoms with E-state index in [1.807, 2.05) is 58.2 Å². The van der Waals surface area contributed by atoms with E-state index < -0.39 is 0 Å². The van der Waals surface area contributed by atoms with Gasteiger partial charge in [-0.15, -0.1) is 0 Å². The number of aromatic nitrogens is 5. The smallest absolute Gasteiger partial charge is 0.253 e. The molecule has 4 aromatic rings. The van der Waals surface area contributed by atoms with E-state index in [2.05, 4.69) is 22.2 Å². The zero-order valence-electron chi connectivity index (χ0n) is 19.2. The number of hydrogen-bond donors (Lipinski definition) is 1. The fourth-order valence-electron chi connectivity index (χ4n) is 4.16. The Morgan fingerprint density at radius 3 is 2.59 bits per heavy atom. The van der Waals surface area contributed by atoms with Gasteiger partial charge in [0.2, 0.25) is 5.95 Å². The SMILES string of the molecule is CCn1cc(-c2ccnc(Nc3ccc(C(=O)N4CCCCC4)cc3)n2)c(-c2cccnc2)n1. The van der Waals surface area contributed by atoms with Crippen LogP contribution in [0, 0.1) is 0 Å². The van der Waals surface area contributed by atoms with E-state index in [4.69, 9.17) is 10.1 Å². The number of aryl methyl sites for hydroxylation is 1. The first-order valence-electron chi connectivity index (χ1n) is 11.7. The lowest BCUT2D eigenvalue weighted by Gasteiger charge is -2.26. The van der Waals surface area contributed by atoms with Gasteiger partial charge in [-0.3, -0.25) is 14.5 Å². The minimum atomic E-state index is 0.0976. The highest BCUT2D eigenvalue weighted by molar-refractivity contribution is 5.94. The van der Waals surface area contributed by atoms with Gasteiger partial charge in [0.25, 0.3) is 5.91 Å². The number of amides is 1. The zero-order chi connectivity index (χ0) is 23.3. The Labute approximate surface area is 198 Å². The average Bonchev–Trinajstić information content (AvgIpc) is 3.35. The highest BCUT2D eigenvalue weighted by atomic mass is 16.2. The van der Waals surface area contributed by atoms with Crippen molar-refractivity contribution >= 4 is 17.5 Å². The first-order chi connectivity index (χ1) is 16.7. The molecule has 1 aliphatic rings. The summed E-state index contributed by atoms with van der Waals surface area (Å²) in [5.41, 5.74) is 4.99. The van der Waals surface area contributed by atoms with E-state index in [-0.39, 0.29) is 5.91 Å². The number of anilines is 2. The molecule has 4 heterocycles. The van der Waals surface area contributed by atoms with Gasteiger partial charge in [-0.25, -0.2) is 9.97 Å². The summed E-state index contributed by atoms with van der Waals surface area (Å²) < 4.78 is 1.89. The maximum Gasteiger partial charge on any atom is 0.253 e. The van der Waals surface area contributed by atoms with E-state index in [1.165, 1.54) is 6.42 Å². The molecule has 8 heteroatoms. The Morgan fingerprint density at radius 1 is 1.03 bits per heavy atom. The highest BCUT2D eigenvalue weighted by Gasteiger charge is 2.18. The van der Waals surface area contributed by atoms with Crippen LogP contribution in [0.4, 0.5) is 11.6 Å². The van der Waals surface area contributed by atoms with Gasteiger partial charge in [0, 0.05) is 66.8 Å². The van der Waals surface area contributed by atoms with Crippen LogP contribution in [-0.4, -0.2) is 48.6 Å². The van der Waals surface area contributed by atoms with Crippen LogP contribution >= 0.6 is 0 Å². The van der Waals surface area contributed by atoms with Crippen molar-refractivity contribution in [2.75, 3.05) is 18.4 Å². The van der Waals surface area contributed by atoms with Crippen LogP contribution in [0.2, 0.25) is 0 Å². The molecule has 3 aromatic heterocycles. The van der Waals surface area contributed by atoms with Gasteiger partial charge in [-0.05, 0) is 68.7 Å². The lowest BCUT2D eigenvalue weighted by molar-refractivity contribution is 0.0724. The number of rotatable bonds is 6.